The Kier molecular flexibility index (Phi) is 6.73. The summed E-state index contributed by atoms with van der Waals surface area (Å²) >= 11 is 0. The normalized spacial score (nSPS) is 9.92. The summed E-state index contributed by atoms with van der Waals surface area (Å²) in [4.78, 5) is 35.3. The molecular weight excluding hydrogens is 332 g/mol. The molecular formula is C19H22N4O3. The van der Waals surface area contributed by atoms with Crippen LogP contribution in [0.2, 0.25) is 0 Å². The molecule has 0 spiro atoms. The summed E-state index contributed by atoms with van der Waals surface area (Å²) in [5.41, 5.74) is 8.01. The van der Waals surface area contributed by atoms with Crippen LogP contribution >= 0.6 is 0 Å². The van der Waals surface area contributed by atoms with Crippen LogP contribution < -0.4 is 21.5 Å². The molecule has 0 radical (unpaired) electrons. The van der Waals surface area contributed by atoms with Crippen LogP contribution in [0.1, 0.15) is 24.0 Å². The van der Waals surface area contributed by atoms with Gasteiger partial charge in [0.1, 0.15) is 0 Å². The number of benzene rings is 2. The van der Waals surface area contributed by atoms with Gasteiger partial charge in [0.25, 0.3) is 0 Å². The number of aryl methyl sites for hydroxylation is 2. The van der Waals surface area contributed by atoms with E-state index in [1.807, 2.05) is 38.1 Å². The highest BCUT2D eigenvalue weighted by Crippen LogP contribution is 2.14. The summed E-state index contributed by atoms with van der Waals surface area (Å²) in [6.07, 6.45) is -0.0248. The van der Waals surface area contributed by atoms with E-state index in [0.717, 1.165) is 11.1 Å². The molecule has 2 rings (SSSR count). The van der Waals surface area contributed by atoms with Gasteiger partial charge in [0.15, 0.2) is 0 Å². The van der Waals surface area contributed by atoms with E-state index in [-0.39, 0.29) is 18.7 Å². The van der Waals surface area contributed by atoms with E-state index >= 15 is 0 Å². The van der Waals surface area contributed by atoms with Crippen molar-refractivity contribution in [2.24, 2.45) is 0 Å². The Morgan fingerprint density at radius 1 is 0.731 bits per heavy atom. The summed E-state index contributed by atoms with van der Waals surface area (Å²) in [7, 11) is 0. The van der Waals surface area contributed by atoms with Crippen molar-refractivity contribution >= 4 is 29.2 Å². The average Bonchev–Trinajstić information content (AvgIpc) is 2.62. The lowest BCUT2D eigenvalue weighted by Gasteiger charge is -2.09. The Bertz CT molecular complexity index is 791. The van der Waals surface area contributed by atoms with Crippen LogP contribution in [0.25, 0.3) is 0 Å². The number of carbonyl (C=O) groups is 3. The molecule has 0 unspecified atom stereocenters. The molecule has 0 aliphatic rings. The van der Waals surface area contributed by atoms with Gasteiger partial charge in [-0.1, -0.05) is 24.3 Å². The highest BCUT2D eigenvalue weighted by Gasteiger charge is 2.09. The summed E-state index contributed by atoms with van der Waals surface area (Å²) < 4.78 is 0. The molecule has 0 saturated carbocycles. The van der Waals surface area contributed by atoms with Gasteiger partial charge in [0, 0.05) is 24.2 Å². The number of hydrogen-bond acceptors (Lipinski definition) is 3. The minimum absolute atomic E-state index is 0.0146. The number of nitrogens with one attached hydrogen (secondary N) is 4. The zero-order valence-electron chi connectivity index (χ0n) is 14.8. The van der Waals surface area contributed by atoms with Crippen LogP contribution in [0.3, 0.4) is 0 Å². The van der Waals surface area contributed by atoms with E-state index in [0.29, 0.717) is 11.4 Å². The third kappa shape index (κ3) is 6.27. The number of anilines is 2. The minimum Gasteiger partial charge on any atom is -0.326 e. The fraction of sp³-hybridized carbons (Fsp3) is 0.211. The van der Waals surface area contributed by atoms with E-state index in [9.17, 15) is 14.4 Å². The average molecular weight is 354 g/mol. The SMILES string of the molecule is Cc1ccc(NC(=O)CCC(=O)NNC(=O)Nc2ccccc2)cc1C. The Morgan fingerprint density at radius 3 is 2.12 bits per heavy atom. The molecule has 0 bridgehead atoms. The first kappa shape index (κ1) is 19.0. The van der Waals surface area contributed by atoms with Crippen LogP contribution in [0.15, 0.2) is 48.5 Å². The molecule has 0 aromatic heterocycles. The monoisotopic (exact) mass is 354 g/mol. The van der Waals surface area contributed by atoms with Crippen LogP contribution in [0.5, 0.6) is 0 Å². The molecule has 0 aliphatic heterocycles. The van der Waals surface area contributed by atoms with Crippen LogP contribution in [-0.2, 0) is 9.59 Å². The molecule has 4 N–H and O–H groups in total. The van der Waals surface area contributed by atoms with Crippen molar-refractivity contribution in [1.29, 1.82) is 0 Å². The fourth-order valence-corrected chi connectivity index (χ4v) is 2.14. The Balaban J connectivity index is 1.68. The first-order chi connectivity index (χ1) is 12.4. The summed E-state index contributed by atoms with van der Waals surface area (Å²) in [6.45, 7) is 3.96. The van der Waals surface area contributed by atoms with Crippen LogP contribution in [0, 0.1) is 13.8 Å². The van der Waals surface area contributed by atoms with Gasteiger partial charge in [-0.2, -0.15) is 0 Å². The maximum atomic E-state index is 11.9. The lowest BCUT2D eigenvalue weighted by atomic mass is 10.1. The number of hydrogen-bond donors (Lipinski definition) is 4. The molecule has 2 aromatic carbocycles. The fourth-order valence-electron chi connectivity index (χ4n) is 2.14. The molecule has 4 amide bonds. The van der Waals surface area contributed by atoms with Gasteiger partial charge < -0.3 is 10.6 Å². The molecule has 7 heteroatoms. The van der Waals surface area contributed by atoms with Gasteiger partial charge in [-0.05, 0) is 49.2 Å². The van der Waals surface area contributed by atoms with Crippen molar-refractivity contribution in [2.75, 3.05) is 10.6 Å². The Labute approximate surface area is 152 Å². The van der Waals surface area contributed by atoms with Crippen molar-refractivity contribution in [1.82, 2.24) is 10.9 Å². The predicted octanol–water partition coefficient (Wildman–Crippen LogP) is 2.88. The summed E-state index contributed by atoms with van der Waals surface area (Å²) in [5.74, 6) is -0.722. The Hall–Kier alpha value is -3.35. The number of amides is 4. The zero-order chi connectivity index (χ0) is 18.9. The predicted molar refractivity (Wildman–Crippen MR) is 101 cm³/mol. The highest BCUT2D eigenvalue weighted by molar-refractivity contribution is 5.94. The second-order valence-corrected chi connectivity index (χ2v) is 5.84. The number of carbonyl (C=O) groups excluding carboxylic acids is 3. The second kappa shape index (κ2) is 9.22. The standard InChI is InChI=1S/C19H22N4O3/c1-13-8-9-16(12-14(13)2)20-17(24)10-11-18(25)22-23-19(26)21-15-6-4-3-5-7-15/h3-9,12H,10-11H2,1-2H3,(H,20,24)(H,22,25)(H2,21,23,26). The van der Waals surface area contributed by atoms with E-state index in [1.165, 1.54) is 0 Å². The quantitative estimate of drug-likeness (QED) is 0.621. The van der Waals surface area contributed by atoms with Gasteiger partial charge in [-0.3, -0.25) is 15.0 Å². The molecule has 0 heterocycles. The van der Waals surface area contributed by atoms with Gasteiger partial charge in [-0.15, -0.1) is 0 Å². The summed E-state index contributed by atoms with van der Waals surface area (Å²) in [5, 5.41) is 5.30. The van der Waals surface area contributed by atoms with E-state index in [1.54, 1.807) is 24.3 Å². The molecule has 136 valence electrons. The van der Waals surface area contributed by atoms with E-state index < -0.39 is 11.9 Å². The van der Waals surface area contributed by atoms with Crippen molar-refractivity contribution < 1.29 is 14.4 Å². The van der Waals surface area contributed by atoms with Gasteiger partial charge in [-0.25, -0.2) is 10.2 Å². The molecule has 2 aromatic rings. The van der Waals surface area contributed by atoms with Crippen molar-refractivity contribution in [2.45, 2.75) is 26.7 Å². The third-order valence-electron chi connectivity index (χ3n) is 3.72. The summed E-state index contributed by atoms with van der Waals surface area (Å²) in [6, 6.07) is 13.9. The first-order valence-corrected chi connectivity index (χ1v) is 8.22. The smallest absolute Gasteiger partial charge is 0.326 e. The molecule has 26 heavy (non-hydrogen) atoms. The lowest BCUT2D eigenvalue weighted by molar-refractivity contribution is -0.124. The number of rotatable bonds is 5. The van der Waals surface area contributed by atoms with Crippen molar-refractivity contribution in [3.8, 4) is 0 Å². The third-order valence-corrected chi connectivity index (χ3v) is 3.72. The molecule has 0 saturated heterocycles. The molecule has 0 aliphatic carbocycles. The number of para-hydroxylation sites is 1. The van der Waals surface area contributed by atoms with E-state index in [2.05, 4.69) is 21.5 Å². The maximum absolute atomic E-state index is 11.9. The number of hydrazine groups is 1. The largest absolute Gasteiger partial charge is 0.337 e. The zero-order valence-corrected chi connectivity index (χ0v) is 14.8. The topological polar surface area (TPSA) is 99.3 Å². The maximum Gasteiger partial charge on any atom is 0.337 e. The first-order valence-electron chi connectivity index (χ1n) is 8.22. The lowest BCUT2D eigenvalue weighted by Crippen LogP contribution is -2.44. The highest BCUT2D eigenvalue weighted by atomic mass is 16.2. The minimum atomic E-state index is -0.566. The van der Waals surface area contributed by atoms with Crippen LogP contribution in [0.4, 0.5) is 16.2 Å². The van der Waals surface area contributed by atoms with Crippen molar-refractivity contribution in [3.63, 3.8) is 0 Å². The molecule has 0 fully saturated rings. The van der Waals surface area contributed by atoms with E-state index in [4.69, 9.17) is 0 Å². The second-order valence-electron chi connectivity index (χ2n) is 5.84. The van der Waals surface area contributed by atoms with Crippen molar-refractivity contribution in [3.05, 3.63) is 59.7 Å². The van der Waals surface area contributed by atoms with Gasteiger partial charge in [0.2, 0.25) is 11.8 Å². The van der Waals surface area contributed by atoms with Gasteiger partial charge >= 0.3 is 6.03 Å². The molecule has 7 nitrogen and oxygen atoms in total. The van der Waals surface area contributed by atoms with Gasteiger partial charge in [0.05, 0.1) is 0 Å². The molecule has 0 atom stereocenters. The number of urea groups is 1. The Morgan fingerprint density at radius 2 is 1.42 bits per heavy atom. The van der Waals surface area contributed by atoms with Crippen LogP contribution in [-0.4, -0.2) is 17.8 Å².